The monoisotopic (exact) mass is 289 g/mol. The Kier molecular flexibility index (Phi) is 2.79. The molecular formula is C18H11NOS. The molecule has 0 N–H and O–H groups in total. The number of para-hydroxylation sites is 1. The van der Waals surface area contributed by atoms with E-state index in [1.807, 2.05) is 66.0 Å². The van der Waals surface area contributed by atoms with E-state index in [0.29, 0.717) is 5.69 Å². The summed E-state index contributed by atoms with van der Waals surface area (Å²) >= 11 is 1.45. The Morgan fingerprint density at radius 1 is 0.810 bits per heavy atom. The highest BCUT2D eigenvalue weighted by atomic mass is 32.1. The first-order valence-electron chi connectivity index (χ1n) is 6.70. The van der Waals surface area contributed by atoms with E-state index in [-0.39, 0.29) is 5.78 Å². The van der Waals surface area contributed by atoms with E-state index in [0.717, 1.165) is 26.6 Å². The van der Waals surface area contributed by atoms with E-state index in [1.54, 1.807) is 0 Å². The number of benzene rings is 2. The van der Waals surface area contributed by atoms with Gasteiger partial charge in [0.1, 0.15) is 5.69 Å². The summed E-state index contributed by atoms with van der Waals surface area (Å²) in [5.41, 5.74) is 1.39. The second-order valence-corrected chi connectivity index (χ2v) is 5.78. The molecule has 0 radical (unpaired) electrons. The smallest absolute Gasteiger partial charge is 0.221 e. The molecule has 0 aliphatic carbocycles. The van der Waals surface area contributed by atoms with Crippen LogP contribution in [0.1, 0.15) is 15.4 Å². The van der Waals surface area contributed by atoms with Crippen LogP contribution < -0.4 is 0 Å². The van der Waals surface area contributed by atoms with Gasteiger partial charge in [0.05, 0.1) is 10.4 Å². The zero-order valence-electron chi connectivity index (χ0n) is 11.1. The quantitative estimate of drug-likeness (QED) is 0.396. The largest absolute Gasteiger partial charge is 0.286 e. The fourth-order valence-electron chi connectivity index (χ4n) is 2.60. The lowest BCUT2D eigenvalue weighted by molar-refractivity contribution is 0.104. The van der Waals surface area contributed by atoms with Gasteiger partial charge in [0.25, 0.3) is 0 Å². The second-order valence-electron chi connectivity index (χ2n) is 4.83. The molecule has 0 aliphatic heterocycles. The van der Waals surface area contributed by atoms with Crippen molar-refractivity contribution in [2.24, 2.45) is 0 Å². The third-order valence-electron chi connectivity index (χ3n) is 3.57. The van der Waals surface area contributed by atoms with Crippen molar-refractivity contribution in [3.63, 3.8) is 0 Å². The standard InChI is InChI=1S/C18H11NOS/c20-18(16-10-5-11-21-16)17-14-8-2-1-6-12(14)13-7-3-4-9-15(13)19-17/h1-11H. The minimum Gasteiger partial charge on any atom is -0.286 e. The summed E-state index contributed by atoms with van der Waals surface area (Å²) in [5.74, 6) is -0.00745. The van der Waals surface area contributed by atoms with Crippen molar-refractivity contribution in [1.82, 2.24) is 4.98 Å². The number of rotatable bonds is 2. The van der Waals surface area contributed by atoms with Crippen molar-refractivity contribution in [3.05, 3.63) is 76.6 Å². The maximum absolute atomic E-state index is 12.7. The van der Waals surface area contributed by atoms with E-state index >= 15 is 0 Å². The Bertz CT molecular complexity index is 957. The topological polar surface area (TPSA) is 30.0 Å². The average Bonchev–Trinajstić information content (AvgIpc) is 3.08. The van der Waals surface area contributed by atoms with E-state index < -0.39 is 0 Å². The van der Waals surface area contributed by atoms with Gasteiger partial charge in [-0.3, -0.25) is 4.79 Å². The molecule has 0 aliphatic rings. The van der Waals surface area contributed by atoms with Crippen LogP contribution in [0.25, 0.3) is 21.7 Å². The van der Waals surface area contributed by atoms with Crippen molar-refractivity contribution in [3.8, 4) is 0 Å². The lowest BCUT2D eigenvalue weighted by Crippen LogP contribution is -2.03. The van der Waals surface area contributed by atoms with Crippen molar-refractivity contribution in [2.75, 3.05) is 0 Å². The van der Waals surface area contributed by atoms with Crippen LogP contribution in [0.5, 0.6) is 0 Å². The van der Waals surface area contributed by atoms with Crippen LogP contribution >= 0.6 is 11.3 Å². The lowest BCUT2D eigenvalue weighted by atomic mass is 10.0. The maximum atomic E-state index is 12.7. The zero-order chi connectivity index (χ0) is 14.2. The average molecular weight is 289 g/mol. The number of pyridine rings is 1. The Hall–Kier alpha value is -2.52. The summed E-state index contributed by atoms with van der Waals surface area (Å²) in [6.45, 7) is 0. The molecule has 0 spiro atoms. The van der Waals surface area contributed by atoms with Crippen LogP contribution in [-0.4, -0.2) is 10.8 Å². The summed E-state index contributed by atoms with van der Waals surface area (Å²) in [6, 6.07) is 19.6. The normalized spacial score (nSPS) is 11.0. The first kappa shape index (κ1) is 12.2. The minimum atomic E-state index is -0.00745. The summed E-state index contributed by atoms with van der Waals surface area (Å²) in [7, 11) is 0. The van der Waals surface area contributed by atoms with Gasteiger partial charge in [0.15, 0.2) is 0 Å². The third-order valence-corrected chi connectivity index (χ3v) is 4.44. The van der Waals surface area contributed by atoms with Crippen LogP contribution in [0.4, 0.5) is 0 Å². The number of fused-ring (bicyclic) bond motifs is 3. The van der Waals surface area contributed by atoms with E-state index in [1.165, 1.54) is 11.3 Å². The van der Waals surface area contributed by atoms with Crippen molar-refractivity contribution >= 4 is 38.8 Å². The van der Waals surface area contributed by atoms with Gasteiger partial charge in [-0.1, -0.05) is 48.5 Å². The first-order chi connectivity index (χ1) is 10.3. The predicted octanol–water partition coefficient (Wildman–Crippen LogP) is 4.68. The fourth-order valence-corrected chi connectivity index (χ4v) is 3.27. The van der Waals surface area contributed by atoms with E-state index in [4.69, 9.17) is 0 Å². The van der Waals surface area contributed by atoms with Crippen LogP contribution in [0.15, 0.2) is 66.0 Å². The second kappa shape index (κ2) is 4.79. The molecular weight excluding hydrogens is 278 g/mol. The molecule has 0 saturated carbocycles. The molecule has 0 saturated heterocycles. The fraction of sp³-hybridized carbons (Fsp3) is 0. The summed E-state index contributed by atoms with van der Waals surface area (Å²) in [4.78, 5) is 18.1. The van der Waals surface area contributed by atoms with Crippen LogP contribution in [-0.2, 0) is 0 Å². The molecule has 100 valence electrons. The Morgan fingerprint density at radius 2 is 1.52 bits per heavy atom. The molecule has 2 nitrogen and oxygen atoms in total. The molecule has 3 heteroatoms. The molecule has 0 amide bonds. The van der Waals surface area contributed by atoms with Crippen molar-refractivity contribution in [1.29, 1.82) is 0 Å². The van der Waals surface area contributed by atoms with Gasteiger partial charge >= 0.3 is 0 Å². The number of ketones is 1. The van der Waals surface area contributed by atoms with Crippen LogP contribution in [0.3, 0.4) is 0 Å². The molecule has 2 aromatic carbocycles. The number of carbonyl (C=O) groups excluding carboxylic acids is 1. The molecule has 21 heavy (non-hydrogen) atoms. The molecule has 0 bridgehead atoms. The van der Waals surface area contributed by atoms with Gasteiger partial charge < -0.3 is 0 Å². The third kappa shape index (κ3) is 1.94. The van der Waals surface area contributed by atoms with E-state index in [9.17, 15) is 4.79 Å². The number of carbonyl (C=O) groups is 1. The van der Waals surface area contributed by atoms with Gasteiger partial charge in [-0.2, -0.15) is 0 Å². The molecule has 4 rings (SSSR count). The minimum absolute atomic E-state index is 0.00745. The highest BCUT2D eigenvalue weighted by Crippen LogP contribution is 2.28. The van der Waals surface area contributed by atoms with Gasteiger partial charge in [0.2, 0.25) is 5.78 Å². The zero-order valence-corrected chi connectivity index (χ0v) is 11.9. The number of aromatic nitrogens is 1. The summed E-state index contributed by atoms with van der Waals surface area (Å²) in [6.07, 6.45) is 0. The van der Waals surface area contributed by atoms with Crippen LogP contribution in [0, 0.1) is 0 Å². The van der Waals surface area contributed by atoms with Gasteiger partial charge in [0, 0.05) is 10.8 Å². The number of hydrogen-bond acceptors (Lipinski definition) is 3. The molecule has 0 fully saturated rings. The predicted molar refractivity (Wildman–Crippen MR) is 87.0 cm³/mol. The maximum Gasteiger partial charge on any atom is 0.221 e. The number of hydrogen-bond donors (Lipinski definition) is 0. The summed E-state index contributed by atoms with van der Waals surface area (Å²) in [5, 5.41) is 4.98. The number of thiophene rings is 1. The molecule has 4 aromatic rings. The van der Waals surface area contributed by atoms with Gasteiger partial charge in [-0.15, -0.1) is 11.3 Å². The molecule has 0 atom stereocenters. The summed E-state index contributed by atoms with van der Waals surface area (Å²) < 4.78 is 0. The van der Waals surface area contributed by atoms with Crippen LogP contribution in [0.2, 0.25) is 0 Å². The Morgan fingerprint density at radius 3 is 2.29 bits per heavy atom. The highest BCUT2D eigenvalue weighted by Gasteiger charge is 2.16. The Balaban J connectivity index is 2.09. The van der Waals surface area contributed by atoms with E-state index in [2.05, 4.69) is 4.98 Å². The Labute approximate surface area is 125 Å². The molecule has 2 heterocycles. The molecule has 0 unspecified atom stereocenters. The molecule has 2 aromatic heterocycles. The van der Waals surface area contributed by atoms with Gasteiger partial charge in [-0.25, -0.2) is 4.98 Å². The SMILES string of the molecule is O=C(c1cccs1)c1nc2ccccc2c2ccccc12. The van der Waals surface area contributed by atoms with Gasteiger partial charge in [-0.05, 0) is 22.9 Å². The highest BCUT2D eigenvalue weighted by molar-refractivity contribution is 7.12. The first-order valence-corrected chi connectivity index (χ1v) is 7.58. The van der Waals surface area contributed by atoms with Crippen molar-refractivity contribution in [2.45, 2.75) is 0 Å². The lowest BCUT2D eigenvalue weighted by Gasteiger charge is -2.08. The number of nitrogens with zero attached hydrogens (tertiary/aromatic N) is 1. The van der Waals surface area contributed by atoms with Crippen molar-refractivity contribution < 1.29 is 4.79 Å².